The summed E-state index contributed by atoms with van der Waals surface area (Å²) in [4.78, 5) is 4.76. The molecule has 0 saturated heterocycles. The zero-order valence-corrected chi connectivity index (χ0v) is 16.6. The van der Waals surface area contributed by atoms with Gasteiger partial charge in [0.1, 0.15) is 0 Å². The first kappa shape index (κ1) is 17.4. The van der Waals surface area contributed by atoms with Crippen molar-refractivity contribution in [3.63, 3.8) is 0 Å². The highest BCUT2D eigenvalue weighted by Gasteiger charge is 2.23. The number of para-hydroxylation sites is 1. The number of rotatable bonds is 7. The Kier molecular flexibility index (Phi) is 5.98. The molecule has 0 N–H and O–H groups in total. The van der Waals surface area contributed by atoms with Gasteiger partial charge in [-0.05, 0) is 58.7 Å². The number of thiazole rings is 1. The molecule has 0 unspecified atom stereocenters. The zero-order chi connectivity index (χ0) is 16.9. The predicted molar refractivity (Wildman–Crippen MR) is 112 cm³/mol. The molecule has 25 heavy (non-hydrogen) atoms. The third-order valence-corrected chi connectivity index (χ3v) is 8.57. The second kappa shape index (κ2) is 8.58. The summed E-state index contributed by atoms with van der Waals surface area (Å²) in [6, 6.07) is 20.0. The molecule has 0 bridgehead atoms. The highest BCUT2D eigenvalue weighted by Crippen LogP contribution is 2.41. The van der Waals surface area contributed by atoms with E-state index in [1.165, 1.54) is 35.9 Å². The predicted octanol–water partition coefficient (Wildman–Crippen LogP) is 6.44. The van der Waals surface area contributed by atoms with E-state index in [2.05, 4.69) is 58.9 Å². The van der Waals surface area contributed by atoms with Gasteiger partial charge in [0.2, 0.25) is 0 Å². The number of fused-ring (bicyclic) bond motifs is 1. The molecule has 0 amide bonds. The normalized spacial score (nSPS) is 15.4. The molecular formula is C20H22N2S3. The minimum absolute atomic E-state index is 0.718. The Morgan fingerprint density at radius 2 is 1.76 bits per heavy atom. The van der Waals surface area contributed by atoms with Crippen LogP contribution in [0.4, 0.5) is 0 Å². The summed E-state index contributed by atoms with van der Waals surface area (Å²) < 4.78 is 5.05. The van der Waals surface area contributed by atoms with Gasteiger partial charge in [0.15, 0.2) is 4.34 Å². The van der Waals surface area contributed by atoms with E-state index in [0.29, 0.717) is 0 Å². The molecule has 1 heterocycles. The maximum Gasteiger partial charge on any atom is 0.162 e. The first-order valence-corrected chi connectivity index (χ1v) is 11.8. The summed E-state index contributed by atoms with van der Waals surface area (Å²) in [5.74, 6) is 0. The van der Waals surface area contributed by atoms with Crippen LogP contribution in [0, 0.1) is 0 Å². The lowest BCUT2D eigenvalue weighted by atomic mass is 10.1. The van der Waals surface area contributed by atoms with E-state index in [0.717, 1.165) is 28.9 Å². The topological polar surface area (TPSA) is 16.1 Å². The highest BCUT2D eigenvalue weighted by molar-refractivity contribution is 8.76. The Bertz CT molecular complexity index is 764. The van der Waals surface area contributed by atoms with Crippen LogP contribution in [0.15, 0.2) is 58.9 Å². The summed E-state index contributed by atoms with van der Waals surface area (Å²) >= 11 is 1.80. The molecule has 2 nitrogen and oxygen atoms in total. The van der Waals surface area contributed by atoms with Crippen LogP contribution in [0.25, 0.3) is 10.2 Å². The molecule has 0 radical (unpaired) electrons. The molecular weight excluding hydrogens is 364 g/mol. The minimum atomic E-state index is 0.718. The molecule has 0 spiro atoms. The standard InChI is InChI=1S/C20H22N2S3/c1-2-8-16(9-3-1)14-15-22(17-10-4-5-11-17)25-24-20-21-18-12-6-7-13-19(18)23-20/h1-3,6-9,12-13,17H,4-5,10-11,14-15H2. The van der Waals surface area contributed by atoms with E-state index >= 15 is 0 Å². The molecule has 5 heteroatoms. The fourth-order valence-corrected chi connectivity index (χ4v) is 6.98. The third kappa shape index (κ3) is 4.59. The number of benzene rings is 2. The van der Waals surface area contributed by atoms with Gasteiger partial charge < -0.3 is 0 Å². The van der Waals surface area contributed by atoms with Gasteiger partial charge in [0, 0.05) is 12.6 Å². The van der Waals surface area contributed by atoms with Crippen LogP contribution in [-0.2, 0) is 6.42 Å². The van der Waals surface area contributed by atoms with Gasteiger partial charge in [0.05, 0.1) is 10.2 Å². The van der Waals surface area contributed by atoms with Crippen molar-refractivity contribution < 1.29 is 0 Å². The average Bonchev–Trinajstić information content (AvgIpc) is 3.32. The summed E-state index contributed by atoms with van der Waals surface area (Å²) in [5.41, 5.74) is 2.54. The van der Waals surface area contributed by atoms with Crippen LogP contribution in [0.5, 0.6) is 0 Å². The molecule has 1 aliphatic rings. The number of aromatic nitrogens is 1. The zero-order valence-electron chi connectivity index (χ0n) is 14.1. The molecule has 130 valence electrons. The second-order valence-electron chi connectivity index (χ2n) is 6.42. The lowest BCUT2D eigenvalue weighted by Gasteiger charge is -2.26. The maximum absolute atomic E-state index is 4.76. The van der Waals surface area contributed by atoms with Gasteiger partial charge in [0.25, 0.3) is 0 Å². The third-order valence-electron chi connectivity index (χ3n) is 4.67. The lowest BCUT2D eigenvalue weighted by Crippen LogP contribution is -2.28. The van der Waals surface area contributed by atoms with Crippen LogP contribution in [0.2, 0.25) is 0 Å². The Hall–Kier alpha value is -1.01. The maximum atomic E-state index is 4.76. The highest BCUT2D eigenvalue weighted by atomic mass is 33.1. The van der Waals surface area contributed by atoms with Crippen molar-refractivity contribution in [1.29, 1.82) is 0 Å². The molecule has 2 aromatic carbocycles. The summed E-state index contributed by atoms with van der Waals surface area (Å²) in [6.45, 7) is 1.11. The van der Waals surface area contributed by atoms with Crippen LogP contribution in [0.3, 0.4) is 0 Å². The van der Waals surface area contributed by atoms with Crippen molar-refractivity contribution >= 4 is 43.3 Å². The van der Waals surface area contributed by atoms with Gasteiger partial charge in [-0.3, -0.25) is 0 Å². The monoisotopic (exact) mass is 386 g/mol. The largest absolute Gasteiger partial charge is 0.237 e. The Morgan fingerprint density at radius 1 is 1.00 bits per heavy atom. The van der Waals surface area contributed by atoms with E-state index in [4.69, 9.17) is 4.98 Å². The van der Waals surface area contributed by atoms with Crippen molar-refractivity contribution in [2.75, 3.05) is 6.54 Å². The van der Waals surface area contributed by atoms with Crippen molar-refractivity contribution in [2.24, 2.45) is 0 Å². The van der Waals surface area contributed by atoms with E-state index in [-0.39, 0.29) is 0 Å². The second-order valence-corrected chi connectivity index (χ2v) is 9.83. The molecule has 0 aliphatic heterocycles. The van der Waals surface area contributed by atoms with Gasteiger partial charge in [-0.15, -0.1) is 11.3 Å². The molecule has 1 saturated carbocycles. The fraction of sp³-hybridized carbons (Fsp3) is 0.350. The molecule has 1 aromatic heterocycles. The average molecular weight is 387 g/mol. The quantitative estimate of drug-likeness (QED) is 0.343. The molecule has 4 rings (SSSR count). The van der Waals surface area contributed by atoms with Gasteiger partial charge in [-0.2, -0.15) is 0 Å². The van der Waals surface area contributed by atoms with Crippen molar-refractivity contribution in [2.45, 2.75) is 42.5 Å². The summed E-state index contributed by atoms with van der Waals surface area (Å²) in [5, 5.41) is 0. The van der Waals surface area contributed by atoms with Crippen molar-refractivity contribution in [3.8, 4) is 0 Å². The molecule has 1 fully saturated rings. The summed E-state index contributed by atoms with van der Waals surface area (Å²) in [7, 11) is 3.73. The van der Waals surface area contributed by atoms with Crippen LogP contribution >= 0.6 is 33.1 Å². The van der Waals surface area contributed by atoms with Gasteiger partial charge in [-0.1, -0.05) is 55.3 Å². The number of hydrogen-bond acceptors (Lipinski definition) is 5. The SMILES string of the molecule is c1ccc(CCN(SSc2nc3ccccc3s2)C2CCCC2)cc1. The van der Waals surface area contributed by atoms with Crippen molar-refractivity contribution in [3.05, 3.63) is 60.2 Å². The van der Waals surface area contributed by atoms with Crippen LogP contribution in [-0.4, -0.2) is 21.9 Å². The number of hydrogen-bond donors (Lipinski definition) is 0. The number of nitrogens with zero attached hydrogens (tertiary/aromatic N) is 2. The molecule has 1 aliphatic carbocycles. The van der Waals surface area contributed by atoms with E-state index in [9.17, 15) is 0 Å². The lowest BCUT2D eigenvalue weighted by molar-refractivity contribution is 0.363. The first-order chi connectivity index (χ1) is 12.4. The molecule has 3 aromatic rings. The van der Waals surface area contributed by atoms with E-state index in [1.807, 2.05) is 21.8 Å². The smallest absolute Gasteiger partial charge is 0.162 e. The van der Waals surface area contributed by atoms with Crippen molar-refractivity contribution in [1.82, 2.24) is 9.29 Å². The first-order valence-electron chi connectivity index (χ1n) is 8.89. The van der Waals surface area contributed by atoms with Crippen LogP contribution < -0.4 is 0 Å². The fourth-order valence-electron chi connectivity index (χ4n) is 3.32. The Morgan fingerprint density at radius 3 is 2.56 bits per heavy atom. The van der Waals surface area contributed by atoms with Gasteiger partial charge >= 0.3 is 0 Å². The minimum Gasteiger partial charge on any atom is -0.237 e. The summed E-state index contributed by atoms with van der Waals surface area (Å²) in [6.07, 6.45) is 6.53. The molecule has 0 atom stereocenters. The van der Waals surface area contributed by atoms with Gasteiger partial charge in [-0.25, -0.2) is 9.29 Å². The Balaban J connectivity index is 1.40. The van der Waals surface area contributed by atoms with E-state index in [1.54, 1.807) is 11.3 Å². The van der Waals surface area contributed by atoms with Crippen LogP contribution in [0.1, 0.15) is 31.2 Å². The Labute approximate surface area is 161 Å². The van der Waals surface area contributed by atoms with E-state index < -0.39 is 0 Å².